The largest absolute Gasteiger partial charge is 0.492 e. The molecule has 31 heavy (non-hydrogen) atoms. The highest BCUT2D eigenvalue weighted by atomic mass is 16.5. The molecular weight excluding hydrogens is 386 g/mol. The van der Waals surface area contributed by atoms with E-state index in [1.165, 1.54) is 61.9 Å². The molecule has 2 heterocycles. The summed E-state index contributed by atoms with van der Waals surface area (Å²) >= 11 is 0. The number of nitrogens with zero attached hydrogens (tertiary/aromatic N) is 3. The van der Waals surface area contributed by atoms with E-state index in [0.717, 1.165) is 31.7 Å². The number of rotatable bonds is 7. The summed E-state index contributed by atoms with van der Waals surface area (Å²) in [5.74, 6) is 1.44. The van der Waals surface area contributed by atoms with Gasteiger partial charge in [-0.05, 0) is 86.4 Å². The van der Waals surface area contributed by atoms with Gasteiger partial charge in [0.2, 0.25) is 0 Å². The zero-order valence-electron chi connectivity index (χ0n) is 18.6. The highest BCUT2D eigenvalue weighted by Gasteiger charge is 2.29. The van der Waals surface area contributed by atoms with Crippen molar-refractivity contribution in [2.45, 2.75) is 57.5 Å². The fourth-order valence-electron chi connectivity index (χ4n) is 4.83. The van der Waals surface area contributed by atoms with Crippen LogP contribution in [0.4, 0.5) is 0 Å². The summed E-state index contributed by atoms with van der Waals surface area (Å²) in [4.78, 5) is 21.8. The first-order chi connectivity index (χ1) is 15.2. The summed E-state index contributed by atoms with van der Waals surface area (Å²) in [5, 5.41) is 0. The first-order valence-electron chi connectivity index (χ1n) is 11.8. The molecule has 2 fully saturated rings. The Balaban J connectivity index is 1.19. The molecule has 1 aromatic heterocycles. The molecule has 2 aliphatic carbocycles. The van der Waals surface area contributed by atoms with E-state index in [9.17, 15) is 4.79 Å². The number of amides is 1. The van der Waals surface area contributed by atoms with Gasteiger partial charge in [-0.3, -0.25) is 9.69 Å². The van der Waals surface area contributed by atoms with Gasteiger partial charge in [-0.15, -0.1) is 0 Å². The van der Waals surface area contributed by atoms with E-state index in [0.29, 0.717) is 11.6 Å². The standard InChI is InChI=1S/C26H33N3O2/c1-28(26(30)25-10-9-24(16-27-25)31-18-19-5-6-19)23-14-21-8-7-20(13-22(21)15-23)17-29-11-3-2-4-12-29/h7-10,13,16,19,23H,2-6,11-12,14-15,17-18H2,1H3/t23-/m1/s1. The Labute approximate surface area is 185 Å². The summed E-state index contributed by atoms with van der Waals surface area (Å²) in [7, 11) is 1.91. The van der Waals surface area contributed by atoms with Crippen LogP contribution in [0.2, 0.25) is 0 Å². The molecule has 1 saturated heterocycles. The van der Waals surface area contributed by atoms with Crippen molar-refractivity contribution in [2.24, 2.45) is 5.92 Å². The van der Waals surface area contributed by atoms with Gasteiger partial charge in [0.1, 0.15) is 11.4 Å². The van der Waals surface area contributed by atoms with Gasteiger partial charge >= 0.3 is 0 Å². The minimum absolute atomic E-state index is 0.0138. The predicted octanol–water partition coefficient (Wildman–Crippen LogP) is 4.10. The number of hydrogen-bond donors (Lipinski definition) is 0. The second-order valence-electron chi connectivity index (χ2n) is 9.55. The van der Waals surface area contributed by atoms with Crippen LogP contribution in [0.15, 0.2) is 36.5 Å². The van der Waals surface area contributed by atoms with Gasteiger partial charge in [0.15, 0.2) is 0 Å². The number of pyridine rings is 1. The third-order valence-electron chi connectivity index (χ3n) is 7.04. The van der Waals surface area contributed by atoms with Crippen molar-refractivity contribution in [1.82, 2.24) is 14.8 Å². The Morgan fingerprint density at radius 3 is 2.65 bits per heavy atom. The Bertz CT molecular complexity index is 917. The third kappa shape index (κ3) is 4.93. The Morgan fingerprint density at radius 2 is 1.90 bits per heavy atom. The highest BCUT2D eigenvalue weighted by Crippen LogP contribution is 2.30. The van der Waals surface area contributed by atoms with Crippen molar-refractivity contribution in [2.75, 3.05) is 26.7 Å². The maximum atomic E-state index is 13.0. The number of fused-ring (bicyclic) bond motifs is 1. The fraction of sp³-hybridized carbons (Fsp3) is 0.538. The van der Waals surface area contributed by atoms with Crippen molar-refractivity contribution in [3.05, 3.63) is 58.9 Å². The van der Waals surface area contributed by atoms with E-state index in [1.807, 2.05) is 18.0 Å². The molecule has 5 rings (SSSR count). The molecule has 5 heteroatoms. The summed E-state index contributed by atoms with van der Waals surface area (Å²) in [6, 6.07) is 10.8. The van der Waals surface area contributed by atoms with Crippen LogP contribution in [0.3, 0.4) is 0 Å². The number of benzene rings is 1. The smallest absolute Gasteiger partial charge is 0.272 e. The van der Waals surface area contributed by atoms with Gasteiger partial charge in [0.25, 0.3) is 5.91 Å². The van der Waals surface area contributed by atoms with Gasteiger partial charge in [-0.25, -0.2) is 4.98 Å². The highest BCUT2D eigenvalue weighted by molar-refractivity contribution is 5.92. The zero-order chi connectivity index (χ0) is 21.2. The minimum atomic E-state index is -0.0138. The second kappa shape index (κ2) is 8.99. The van der Waals surface area contributed by atoms with Crippen LogP contribution in [0.1, 0.15) is 59.3 Å². The number of carbonyl (C=O) groups excluding carboxylic acids is 1. The number of piperidine rings is 1. The van der Waals surface area contributed by atoms with Crippen molar-refractivity contribution in [3.63, 3.8) is 0 Å². The molecule has 0 radical (unpaired) electrons. The molecule has 0 N–H and O–H groups in total. The SMILES string of the molecule is CN(C(=O)c1ccc(OCC2CC2)cn1)[C@@H]1Cc2ccc(CN3CCCCC3)cc2C1. The summed E-state index contributed by atoms with van der Waals surface area (Å²) < 4.78 is 5.74. The summed E-state index contributed by atoms with van der Waals surface area (Å²) in [5.41, 5.74) is 4.67. The topological polar surface area (TPSA) is 45.7 Å². The van der Waals surface area contributed by atoms with Gasteiger partial charge < -0.3 is 9.64 Å². The number of likely N-dealkylation sites (tertiary alicyclic amines) is 1. The van der Waals surface area contributed by atoms with Crippen LogP contribution in [0.25, 0.3) is 0 Å². The van der Waals surface area contributed by atoms with Gasteiger partial charge in [0.05, 0.1) is 12.8 Å². The lowest BCUT2D eigenvalue weighted by atomic mass is 10.0. The monoisotopic (exact) mass is 419 g/mol. The average Bonchev–Trinajstić information content (AvgIpc) is 3.54. The predicted molar refractivity (Wildman–Crippen MR) is 121 cm³/mol. The number of ether oxygens (including phenoxy) is 1. The fourth-order valence-corrected chi connectivity index (χ4v) is 4.83. The third-order valence-corrected chi connectivity index (χ3v) is 7.04. The van der Waals surface area contributed by atoms with E-state index in [1.54, 1.807) is 12.3 Å². The first kappa shape index (κ1) is 20.5. The van der Waals surface area contributed by atoms with Crippen LogP contribution < -0.4 is 4.74 Å². The van der Waals surface area contributed by atoms with E-state index in [4.69, 9.17) is 4.74 Å². The molecular formula is C26H33N3O2. The second-order valence-corrected chi connectivity index (χ2v) is 9.55. The molecule has 3 aliphatic rings. The lowest BCUT2D eigenvalue weighted by Crippen LogP contribution is -2.38. The number of likely N-dealkylation sites (N-methyl/N-ethyl adjacent to an activating group) is 1. The molecule has 5 nitrogen and oxygen atoms in total. The van der Waals surface area contributed by atoms with E-state index in [-0.39, 0.29) is 11.9 Å². The molecule has 0 unspecified atom stereocenters. The minimum Gasteiger partial charge on any atom is -0.492 e. The van der Waals surface area contributed by atoms with Crippen molar-refractivity contribution >= 4 is 5.91 Å². The zero-order valence-corrected chi connectivity index (χ0v) is 18.6. The van der Waals surface area contributed by atoms with E-state index >= 15 is 0 Å². The molecule has 1 amide bonds. The number of aromatic nitrogens is 1. The maximum absolute atomic E-state index is 13.0. The van der Waals surface area contributed by atoms with Crippen LogP contribution >= 0.6 is 0 Å². The molecule has 1 saturated carbocycles. The molecule has 0 bridgehead atoms. The molecule has 164 valence electrons. The van der Waals surface area contributed by atoms with Crippen LogP contribution in [0, 0.1) is 5.92 Å². The molecule has 0 spiro atoms. The number of carbonyl (C=O) groups is 1. The normalized spacial score (nSPS) is 21.0. The Morgan fingerprint density at radius 1 is 1.10 bits per heavy atom. The first-order valence-corrected chi connectivity index (χ1v) is 11.8. The number of hydrogen-bond acceptors (Lipinski definition) is 4. The molecule has 1 atom stereocenters. The Hall–Kier alpha value is -2.40. The Kier molecular flexibility index (Phi) is 5.95. The van der Waals surface area contributed by atoms with Gasteiger partial charge in [0, 0.05) is 19.6 Å². The van der Waals surface area contributed by atoms with E-state index < -0.39 is 0 Å². The van der Waals surface area contributed by atoms with Crippen LogP contribution in [-0.4, -0.2) is 53.5 Å². The maximum Gasteiger partial charge on any atom is 0.272 e. The van der Waals surface area contributed by atoms with Crippen molar-refractivity contribution in [3.8, 4) is 5.75 Å². The molecule has 1 aliphatic heterocycles. The average molecular weight is 420 g/mol. The van der Waals surface area contributed by atoms with Crippen molar-refractivity contribution < 1.29 is 9.53 Å². The lowest BCUT2D eigenvalue weighted by Gasteiger charge is -2.26. The lowest BCUT2D eigenvalue weighted by molar-refractivity contribution is 0.0731. The van der Waals surface area contributed by atoms with Crippen LogP contribution in [0.5, 0.6) is 5.75 Å². The quantitative estimate of drug-likeness (QED) is 0.678. The molecule has 2 aromatic rings. The van der Waals surface area contributed by atoms with Crippen LogP contribution in [-0.2, 0) is 19.4 Å². The van der Waals surface area contributed by atoms with E-state index in [2.05, 4.69) is 28.1 Å². The summed E-state index contributed by atoms with van der Waals surface area (Å²) in [6.07, 6.45) is 10.1. The van der Waals surface area contributed by atoms with Gasteiger partial charge in [-0.2, -0.15) is 0 Å². The van der Waals surface area contributed by atoms with Gasteiger partial charge in [-0.1, -0.05) is 24.6 Å². The molecule has 1 aromatic carbocycles. The summed E-state index contributed by atoms with van der Waals surface area (Å²) in [6.45, 7) is 4.24. The van der Waals surface area contributed by atoms with Crippen molar-refractivity contribution in [1.29, 1.82) is 0 Å².